The molecule has 18 heavy (non-hydrogen) atoms. The van der Waals surface area contributed by atoms with Gasteiger partial charge in [0.15, 0.2) is 0 Å². The fraction of sp³-hybridized carbons (Fsp3) is 0.143. The van der Waals surface area contributed by atoms with E-state index in [-0.39, 0.29) is 5.02 Å². The Morgan fingerprint density at radius 1 is 1.17 bits per heavy atom. The third kappa shape index (κ3) is 2.81. The second-order valence-electron chi connectivity index (χ2n) is 3.99. The summed E-state index contributed by atoms with van der Waals surface area (Å²) in [5, 5.41) is 0.235. The van der Waals surface area contributed by atoms with Crippen LogP contribution in [0.1, 0.15) is 11.1 Å². The van der Waals surface area contributed by atoms with Gasteiger partial charge in [-0.15, -0.1) is 0 Å². The van der Waals surface area contributed by atoms with Gasteiger partial charge < -0.3 is 10.5 Å². The van der Waals surface area contributed by atoms with Gasteiger partial charge in [0.05, 0.1) is 5.02 Å². The van der Waals surface area contributed by atoms with Crippen molar-refractivity contribution in [2.45, 2.75) is 13.5 Å². The van der Waals surface area contributed by atoms with E-state index in [1.165, 1.54) is 18.2 Å². The molecule has 0 aliphatic rings. The summed E-state index contributed by atoms with van der Waals surface area (Å²) >= 11 is 5.91. The van der Waals surface area contributed by atoms with Crippen molar-refractivity contribution in [3.8, 4) is 11.5 Å². The van der Waals surface area contributed by atoms with Crippen molar-refractivity contribution in [2.24, 2.45) is 5.73 Å². The lowest BCUT2D eigenvalue weighted by Gasteiger charge is -2.12. The smallest absolute Gasteiger partial charge is 0.146 e. The molecule has 0 saturated heterocycles. The molecule has 0 spiro atoms. The van der Waals surface area contributed by atoms with Gasteiger partial charge in [-0.05, 0) is 31.2 Å². The molecule has 0 aliphatic heterocycles. The molecular formula is C14H13ClFNO. The average molecular weight is 266 g/mol. The molecule has 2 N–H and O–H groups in total. The molecule has 0 aliphatic carbocycles. The van der Waals surface area contributed by atoms with Crippen molar-refractivity contribution in [2.75, 3.05) is 0 Å². The van der Waals surface area contributed by atoms with E-state index in [2.05, 4.69) is 0 Å². The zero-order valence-electron chi connectivity index (χ0n) is 9.91. The van der Waals surface area contributed by atoms with Gasteiger partial charge in [-0.25, -0.2) is 4.39 Å². The summed E-state index contributed by atoms with van der Waals surface area (Å²) in [6, 6.07) is 9.72. The maximum absolute atomic E-state index is 12.9. The predicted molar refractivity (Wildman–Crippen MR) is 70.6 cm³/mol. The first kappa shape index (κ1) is 12.9. The van der Waals surface area contributed by atoms with Gasteiger partial charge >= 0.3 is 0 Å². The molecule has 2 aromatic rings. The predicted octanol–water partition coefficient (Wildman–Crippen LogP) is 4.04. The van der Waals surface area contributed by atoms with E-state index >= 15 is 0 Å². The summed E-state index contributed by atoms with van der Waals surface area (Å²) in [7, 11) is 0. The first-order valence-corrected chi connectivity index (χ1v) is 5.90. The monoisotopic (exact) mass is 265 g/mol. The van der Waals surface area contributed by atoms with Crippen molar-refractivity contribution in [3.63, 3.8) is 0 Å². The number of hydrogen-bond donors (Lipinski definition) is 1. The number of nitrogens with two attached hydrogens (primary N) is 1. The summed E-state index contributed by atoms with van der Waals surface area (Å²) in [6.45, 7) is 2.35. The standard InChI is InChI=1S/C14H13ClFNO/c1-9-2-4-13(10(6-9)8-17)18-14-5-3-11(16)7-12(14)15/h2-7H,8,17H2,1H3. The fourth-order valence-electron chi connectivity index (χ4n) is 1.64. The van der Waals surface area contributed by atoms with E-state index in [0.29, 0.717) is 18.0 Å². The first-order valence-electron chi connectivity index (χ1n) is 5.52. The number of halogens is 2. The van der Waals surface area contributed by atoms with Crippen LogP contribution in [0.3, 0.4) is 0 Å². The molecular weight excluding hydrogens is 253 g/mol. The molecule has 4 heteroatoms. The van der Waals surface area contributed by atoms with Gasteiger partial charge in [0.1, 0.15) is 17.3 Å². The zero-order chi connectivity index (χ0) is 13.1. The number of rotatable bonds is 3. The molecule has 2 nitrogen and oxygen atoms in total. The largest absolute Gasteiger partial charge is 0.455 e. The Kier molecular flexibility index (Phi) is 3.84. The molecule has 0 atom stereocenters. The van der Waals surface area contributed by atoms with E-state index < -0.39 is 5.82 Å². The summed E-state index contributed by atoms with van der Waals surface area (Å²) in [5.41, 5.74) is 7.65. The van der Waals surface area contributed by atoms with Crippen LogP contribution in [0.25, 0.3) is 0 Å². The van der Waals surface area contributed by atoms with Crippen LogP contribution >= 0.6 is 11.6 Å². The molecule has 0 amide bonds. The van der Waals surface area contributed by atoms with Crippen LogP contribution in [-0.4, -0.2) is 0 Å². The minimum atomic E-state index is -0.393. The minimum absolute atomic E-state index is 0.235. The van der Waals surface area contributed by atoms with Crippen molar-refractivity contribution >= 4 is 11.6 Å². The Labute approximate surface area is 110 Å². The number of hydrogen-bond acceptors (Lipinski definition) is 2. The maximum atomic E-state index is 12.9. The third-order valence-corrected chi connectivity index (χ3v) is 2.85. The third-order valence-electron chi connectivity index (χ3n) is 2.55. The van der Waals surface area contributed by atoms with E-state index in [9.17, 15) is 4.39 Å². The topological polar surface area (TPSA) is 35.2 Å². The van der Waals surface area contributed by atoms with Crippen LogP contribution in [-0.2, 0) is 6.54 Å². The van der Waals surface area contributed by atoms with Crippen LogP contribution in [0.4, 0.5) is 4.39 Å². The second-order valence-corrected chi connectivity index (χ2v) is 4.40. The zero-order valence-corrected chi connectivity index (χ0v) is 10.7. The molecule has 0 heterocycles. The molecule has 0 aromatic heterocycles. The highest BCUT2D eigenvalue weighted by Crippen LogP contribution is 2.31. The lowest BCUT2D eigenvalue weighted by molar-refractivity contribution is 0.474. The molecule has 0 unspecified atom stereocenters. The highest BCUT2D eigenvalue weighted by atomic mass is 35.5. The molecule has 0 saturated carbocycles. The van der Waals surface area contributed by atoms with Gasteiger partial charge in [-0.3, -0.25) is 0 Å². The summed E-state index contributed by atoms with van der Waals surface area (Å²) in [4.78, 5) is 0. The lowest BCUT2D eigenvalue weighted by Crippen LogP contribution is -2.00. The van der Waals surface area contributed by atoms with Crippen LogP contribution < -0.4 is 10.5 Å². The van der Waals surface area contributed by atoms with E-state index in [4.69, 9.17) is 22.1 Å². The van der Waals surface area contributed by atoms with Gasteiger partial charge in [-0.2, -0.15) is 0 Å². The molecule has 0 fully saturated rings. The minimum Gasteiger partial charge on any atom is -0.455 e. The summed E-state index contributed by atoms with van der Waals surface area (Å²) in [5.74, 6) is 0.656. The van der Waals surface area contributed by atoms with Crippen molar-refractivity contribution in [3.05, 3.63) is 58.4 Å². The van der Waals surface area contributed by atoms with Crippen LogP contribution in [0, 0.1) is 12.7 Å². The maximum Gasteiger partial charge on any atom is 0.146 e. The first-order chi connectivity index (χ1) is 8.60. The van der Waals surface area contributed by atoms with Crippen molar-refractivity contribution in [1.82, 2.24) is 0 Å². The molecule has 2 rings (SSSR count). The summed E-state index contributed by atoms with van der Waals surface area (Å²) in [6.07, 6.45) is 0. The fourth-order valence-corrected chi connectivity index (χ4v) is 1.85. The molecule has 0 radical (unpaired) electrons. The lowest BCUT2D eigenvalue weighted by atomic mass is 10.1. The van der Waals surface area contributed by atoms with Crippen molar-refractivity contribution < 1.29 is 9.13 Å². The normalized spacial score (nSPS) is 10.4. The Morgan fingerprint density at radius 3 is 2.56 bits per heavy atom. The van der Waals surface area contributed by atoms with Gasteiger partial charge in [0, 0.05) is 12.1 Å². The molecule has 94 valence electrons. The highest BCUT2D eigenvalue weighted by molar-refractivity contribution is 6.32. The quantitative estimate of drug-likeness (QED) is 0.909. The van der Waals surface area contributed by atoms with Gasteiger partial charge in [0.25, 0.3) is 0 Å². The van der Waals surface area contributed by atoms with Crippen LogP contribution in [0.15, 0.2) is 36.4 Å². The highest BCUT2D eigenvalue weighted by Gasteiger charge is 2.08. The van der Waals surface area contributed by atoms with Gasteiger partial charge in [0.2, 0.25) is 0 Å². The number of ether oxygens (including phenoxy) is 1. The van der Waals surface area contributed by atoms with Gasteiger partial charge in [-0.1, -0.05) is 29.3 Å². The molecule has 2 aromatic carbocycles. The van der Waals surface area contributed by atoms with Crippen molar-refractivity contribution in [1.29, 1.82) is 0 Å². The Balaban J connectivity index is 2.33. The summed E-state index contributed by atoms with van der Waals surface area (Å²) < 4.78 is 18.6. The SMILES string of the molecule is Cc1ccc(Oc2ccc(F)cc2Cl)c(CN)c1. The van der Waals surface area contributed by atoms with E-state index in [1.807, 2.05) is 25.1 Å². The second kappa shape index (κ2) is 5.38. The number of aryl methyl sites for hydroxylation is 1. The van der Waals surface area contributed by atoms with Crippen LogP contribution in [0.5, 0.6) is 11.5 Å². The average Bonchev–Trinajstić information content (AvgIpc) is 2.34. The van der Waals surface area contributed by atoms with E-state index in [0.717, 1.165) is 11.1 Å². The van der Waals surface area contributed by atoms with Crippen LogP contribution in [0.2, 0.25) is 5.02 Å². The number of benzene rings is 2. The Bertz CT molecular complexity index is 572. The molecule has 0 bridgehead atoms. The Morgan fingerprint density at radius 2 is 1.89 bits per heavy atom. The van der Waals surface area contributed by atoms with E-state index in [1.54, 1.807) is 0 Å². The Hall–Kier alpha value is -1.58.